The highest BCUT2D eigenvalue weighted by Gasteiger charge is 2.19. The average Bonchev–Trinajstić information content (AvgIpc) is 2.73. The fraction of sp³-hybridized carbons (Fsp3) is 0.533. The summed E-state index contributed by atoms with van der Waals surface area (Å²) in [5.74, 6) is 1.02. The summed E-state index contributed by atoms with van der Waals surface area (Å²) in [6, 6.07) is 8.14. The molecule has 0 fully saturated rings. The number of rotatable bonds is 6. The van der Waals surface area contributed by atoms with Crippen molar-refractivity contribution in [2.24, 2.45) is 12.8 Å². The van der Waals surface area contributed by atoms with E-state index in [1.165, 1.54) is 0 Å². The van der Waals surface area contributed by atoms with E-state index in [4.69, 9.17) is 10.5 Å². The summed E-state index contributed by atoms with van der Waals surface area (Å²) in [6.07, 6.45) is 1.77. The van der Waals surface area contributed by atoms with Gasteiger partial charge in [-0.25, -0.2) is 4.98 Å². The molecule has 2 rings (SSSR count). The molecule has 19 heavy (non-hydrogen) atoms. The molecule has 1 aromatic carbocycles. The number of para-hydroxylation sites is 2. The van der Waals surface area contributed by atoms with E-state index in [9.17, 15) is 0 Å². The molecule has 1 heterocycles. The maximum absolute atomic E-state index is 6.26. The first kappa shape index (κ1) is 14.0. The molecule has 0 aliphatic heterocycles. The van der Waals surface area contributed by atoms with Crippen molar-refractivity contribution in [2.75, 3.05) is 6.61 Å². The number of benzene rings is 1. The minimum absolute atomic E-state index is 0.0135. The molecule has 0 bridgehead atoms. The van der Waals surface area contributed by atoms with Crippen molar-refractivity contribution in [3.63, 3.8) is 0 Å². The molecule has 0 aliphatic rings. The summed E-state index contributed by atoms with van der Waals surface area (Å²) < 4.78 is 7.80. The topological polar surface area (TPSA) is 53.1 Å². The van der Waals surface area contributed by atoms with Gasteiger partial charge in [0.05, 0.1) is 17.1 Å². The van der Waals surface area contributed by atoms with Gasteiger partial charge in [-0.1, -0.05) is 19.1 Å². The molecule has 2 unspecified atom stereocenters. The summed E-state index contributed by atoms with van der Waals surface area (Å²) in [5, 5.41) is 0. The van der Waals surface area contributed by atoms with Gasteiger partial charge in [0, 0.05) is 26.1 Å². The Morgan fingerprint density at radius 1 is 1.32 bits per heavy atom. The zero-order valence-corrected chi connectivity index (χ0v) is 12.0. The molecule has 0 aliphatic carbocycles. The molecule has 0 spiro atoms. The smallest absolute Gasteiger partial charge is 0.111 e. The Labute approximate surface area is 114 Å². The summed E-state index contributed by atoms with van der Waals surface area (Å²) >= 11 is 0. The Bertz CT molecular complexity index is 535. The molecule has 0 saturated heterocycles. The van der Waals surface area contributed by atoms with Gasteiger partial charge in [-0.05, 0) is 25.5 Å². The van der Waals surface area contributed by atoms with Gasteiger partial charge in [0.15, 0.2) is 0 Å². The normalized spacial score (nSPS) is 14.7. The minimum Gasteiger partial charge on any atom is -0.377 e. The van der Waals surface area contributed by atoms with Crippen LogP contribution < -0.4 is 5.73 Å². The molecule has 0 saturated carbocycles. The maximum atomic E-state index is 6.26. The zero-order valence-electron chi connectivity index (χ0n) is 12.0. The Hall–Kier alpha value is -1.39. The van der Waals surface area contributed by atoms with E-state index in [1.54, 1.807) is 0 Å². The first-order chi connectivity index (χ1) is 9.17. The summed E-state index contributed by atoms with van der Waals surface area (Å²) in [5.41, 5.74) is 8.43. The van der Waals surface area contributed by atoms with Crippen molar-refractivity contribution >= 4 is 11.0 Å². The molecule has 0 radical (unpaired) electrons. The lowest BCUT2D eigenvalue weighted by atomic mass is 10.1. The predicted molar refractivity (Wildman–Crippen MR) is 78.1 cm³/mol. The van der Waals surface area contributed by atoms with Gasteiger partial charge in [0.2, 0.25) is 0 Å². The Morgan fingerprint density at radius 3 is 2.68 bits per heavy atom. The lowest BCUT2D eigenvalue weighted by Gasteiger charge is -2.22. The van der Waals surface area contributed by atoms with E-state index in [-0.39, 0.29) is 12.1 Å². The fourth-order valence-corrected chi connectivity index (χ4v) is 2.48. The molecule has 0 amide bonds. The van der Waals surface area contributed by atoms with Crippen LogP contribution in [0.4, 0.5) is 0 Å². The Balaban J connectivity index is 2.18. The second kappa shape index (κ2) is 6.17. The van der Waals surface area contributed by atoms with Gasteiger partial charge in [-0.3, -0.25) is 0 Å². The number of hydrogen-bond acceptors (Lipinski definition) is 3. The van der Waals surface area contributed by atoms with Crippen molar-refractivity contribution in [3.8, 4) is 0 Å². The first-order valence-electron chi connectivity index (χ1n) is 6.94. The van der Waals surface area contributed by atoms with Crippen molar-refractivity contribution in [1.82, 2.24) is 9.55 Å². The molecule has 2 N–H and O–H groups in total. The third-order valence-electron chi connectivity index (χ3n) is 3.56. The fourth-order valence-electron chi connectivity index (χ4n) is 2.48. The molecule has 4 heteroatoms. The Morgan fingerprint density at radius 2 is 2.05 bits per heavy atom. The van der Waals surface area contributed by atoms with Crippen LogP contribution in [0.15, 0.2) is 24.3 Å². The molecule has 2 aromatic rings. The molecular formula is C15H23N3O. The van der Waals surface area contributed by atoms with Gasteiger partial charge in [-0.2, -0.15) is 0 Å². The van der Waals surface area contributed by atoms with Crippen molar-refractivity contribution in [1.29, 1.82) is 0 Å². The number of nitrogens with zero attached hydrogens (tertiary/aromatic N) is 2. The second-order valence-corrected chi connectivity index (χ2v) is 4.85. The largest absolute Gasteiger partial charge is 0.377 e. The maximum Gasteiger partial charge on any atom is 0.111 e. The lowest BCUT2D eigenvalue weighted by Crippen LogP contribution is -2.38. The van der Waals surface area contributed by atoms with Crippen molar-refractivity contribution in [3.05, 3.63) is 30.1 Å². The number of aryl methyl sites for hydroxylation is 1. The molecular weight excluding hydrogens is 238 g/mol. The van der Waals surface area contributed by atoms with Crippen molar-refractivity contribution < 1.29 is 4.74 Å². The van der Waals surface area contributed by atoms with E-state index in [2.05, 4.69) is 22.5 Å². The second-order valence-electron chi connectivity index (χ2n) is 4.85. The van der Waals surface area contributed by atoms with E-state index in [1.807, 2.05) is 32.2 Å². The van der Waals surface area contributed by atoms with E-state index >= 15 is 0 Å². The summed E-state index contributed by atoms with van der Waals surface area (Å²) in [6.45, 7) is 4.81. The number of hydrogen-bond donors (Lipinski definition) is 1. The van der Waals surface area contributed by atoms with Crippen LogP contribution in [0.5, 0.6) is 0 Å². The summed E-state index contributed by atoms with van der Waals surface area (Å²) in [7, 11) is 2.04. The number of nitrogens with two attached hydrogens (primary N) is 1. The van der Waals surface area contributed by atoms with Crippen LogP contribution in [0.2, 0.25) is 0 Å². The third kappa shape index (κ3) is 2.96. The van der Waals surface area contributed by atoms with Crippen LogP contribution in [0.3, 0.4) is 0 Å². The molecule has 104 valence electrons. The standard InChI is InChI=1S/C15H23N3O/c1-4-14(19-5-2)11(16)10-15-17-12-8-6-7-9-13(12)18(15)3/h6-9,11,14H,4-5,10,16H2,1-3H3. The van der Waals surface area contributed by atoms with E-state index in [0.717, 1.165) is 29.7 Å². The monoisotopic (exact) mass is 261 g/mol. The number of ether oxygens (including phenoxy) is 1. The average molecular weight is 261 g/mol. The Kier molecular flexibility index (Phi) is 4.56. The lowest BCUT2D eigenvalue weighted by molar-refractivity contribution is 0.0412. The quantitative estimate of drug-likeness (QED) is 0.867. The van der Waals surface area contributed by atoms with Crippen LogP contribution >= 0.6 is 0 Å². The number of imidazole rings is 1. The van der Waals surface area contributed by atoms with Crippen LogP contribution in [-0.2, 0) is 18.2 Å². The first-order valence-corrected chi connectivity index (χ1v) is 6.94. The predicted octanol–water partition coefficient (Wildman–Crippen LogP) is 2.26. The number of aromatic nitrogens is 2. The highest BCUT2D eigenvalue weighted by molar-refractivity contribution is 5.75. The van der Waals surface area contributed by atoms with E-state index in [0.29, 0.717) is 6.61 Å². The highest BCUT2D eigenvalue weighted by atomic mass is 16.5. The van der Waals surface area contributed by atoms with Crippen molar-refractivity contribution in [2.45, 2.75) is 38.8 Å². The zero-order chi connectivity index (χ0) is 13.8. The van der Waals surface area contributed by atoms with Crippen LogP contribution in [0.1, 0.15) is 26.1 Å². The molecule has 1 aromatic heterocycles. The van der Waals surface area contributed by atoms with Gasteiger partial charge in [0.1, 0.15) is 5.82 Å². The van der Waals surface area contributed by atoms with Gasteiger partial charge in [0.25, 0.3) is 0 Å². The minimum atomic E-state index is -0.0135. The van der Waals surface area contributed by atoms with Gasteiger partial charge >= 0.3 is 0 Å². The van der Waals surface area contributed by atoms with Gasteiger partial charge in [-0.15, -0.1) is 0 Å². The molecule has 2 atom stereocenters. The highest BCUT2D eigenvalue weighted by Crippen LogP contribution is 2.16. The summed E-state index contributed by atoms with van der Waals surface area (Å²) in [4.78, 5) is 4.66. The SMILES string of the molecule is CCOC(CC)C(N)Cc1nc2ccccc2n1C. The molecule has 4 nitrogen and oxygen atoms in total. The third-order valence-corrected chi connectivity index (χ3v) is 3.56. The van der Waals surface area contributed by atoms with Crippen LogP contribution in [0.25, 0.3) is 11.0 Å². The van der Waals surface area contributed by atoms with Gasteiger partial charge < -0.3 is 15.0 Å². The number of fused-ring (bicyclic) bond motifs is 1. The van der Waals surface area contributed by atoms with Crippen LogP contribution in [-0.4, -0.2) is 28.3 Å². The van der Waals surface area contributed by atoms with Crippen LogP contribution in [0, 0.1) is 0 Å². The van der Waals surface area contributed by atoms with E-state index < -0.39 is 0 Å².